The van der Waals surface area contributed by atoms with Crippen LogP contribution in [0.1, 0.15) is 13.3 Å². The van der Waals surface area contributed by atoms with E-state index < -0.39 is 0 Å². The van der Waals surface area contributed by atoms with Gasteiger partial charge in [0.05, 0.1) is 22.6 Å². The Morgan fingerprint density at radius 3 is 2.80 bits per heavy atom. The summed E-state index contributed by atoms with van der Waals surface area (Å²) in [5, 5.41) is 8.24. The molecule has 0 aliphatic rings. The summed E-state index contributed by atoms with van der Waals surface area (Å²) >= 11 is 0. The highest BCUT2D eigenvalue weighted by molar-refractivity contribution is 5.91. The van der Waals surface area contributed by atoms with Crippen molar-refractivity contribution in [3.8, 4) is 0 Å². The third-order valence-corrected chi connectivity index (χ3v) is 4.84. The number of aryl methyl sites for hydroxylation is 1. The lowest BCUT2D eigenvalue weighted by atomic mass is 10.2. The molecule has 154 valence electrons. The van der Waals surface area contributed by atoms with Gasteiger partial charge in [0.1, 0.15) is 6.54 Å². The van der Waals surface area contributed by atoms with Gasteiger partial charge in [-0.25, -0.2) is 9.67 Å². The average molecular weight is 405 g/mol. The third kappa shape index (κ3) is 4.08. The first-order valence-corrected chi connectivity index (χ1v) is 9.95. The molecule has 0 bridgehead atoms. The summed E-state index contributed by atoms with van der Waals surface area (Å²) in [5.41, 5.74) is 1.43. The van der Waals surface area contributed by atoms with Crippen LogP contribution in [0.4, 0.5) is 5.95 Å². The molecule has 0 unspecified atom stereocenters. The van der Waals surface area contributed by atoms with E-state index in [2.05, 4.69) is 15.4 Å². The SMILES string of the molecule is CCOCCCn1c(NC(=O)Cn2ncc3ccccc3c2=O)nc2ccccc21. The number of rotatable bonds is 8. The standard InChI is InChI=1S/C22H23N5O3/c1-2-30-13-7-12-26-19-11-6-5-10-18(19)24-22(26)25-20(28)15-27-21(29)17-9-4-3-8-16(17)14-23-27/h3-6,8-11,14H,2,7,12-13,15H2,1H3,(H,24,25,28). The zero-order chi connectivity index (χ0) is 20.9. The molecule has 8 heteroatoms. The zero-order valence-electron chi connectivity index (χ0n) is 16.7. The number of para-hydroxylation sites is 2. The number of hydrogen-bond acceptors (Lipinski definition) is 5. The Morgan fingerprint density at radius 2 is 1.93 bits per heavy atom. The van der Waals surface area contributed by atoms with E-state index in [1.165, 1.54) is 4.68 Å². The van der Waals surface area contributed by atoms with Crippen molar-refractivity contribution >= 4 is 33.7 Å². The molecule has 0 atom stereocenters. The van der Waals surface area contributed by atoms with Gasteiger partial charge in [-0.05, 0) is 31.5 Å². The lowest BCUT2D eigenvalue weighted by molar-refractivity contribution is -0.117. The summed E-state index contributed by atoms with van der Waals surface area (Å²) in [6.07, 6.45) is 2.38. The number of carbonyl (C=O) groups is 1. The number of ether oxygens (including phenoxy) is 1. The smallest absolute Gasteiger partial charge is 0.275 e. The van der Waals surface area contributed by atoms with Crippen LogP contribution in [0.2, 0.25) is 0 Å². The second-order valence-corrected chi connectivity index (χ2v) is 6.87. The van der Waals surface area contributed by atoms with E-state index in [9.17, 15) is 9.59 Å². The molecule has 2 aromatic heterocycles. The molecule has 0 aliphatic heterocycles. The molecule has 30 heavy (non-hydrogen) atoms. The van der Waals surface area contributed by atoms with Crippen LogP contribution in [0.5, 0.6) is 0 Å². The van der Waals surface area contributed by atoms with E-state index in [0.29, 0.717) is 31.1 Å². The zero-order valence-corrected chi connectivity index (χ0v) is 16.7. The monoisotopic (exact) mass is 405 g/mol. The predicted molar refractivity (Wildman–Crippen MR) is 115 cm³/mol. The van der Waals surface area contributed by atoms with Gasteiger partial charge >= 0.3 is 0 Å². The number of aromatic nitrogens is 4. The Labute approximate surface area is 173 Å². The molecule has 0 aliphatic carbocycles. The summed E-state index contributed by atoms with van der Waals surface area (Å²) < 4.78 is 8.55. The Hall–Kier alpha value is -3.52. The van der Waals surface area contributed by atoms with E-state index in [4.69, 9.17) is 4.74 Å². The number of anilines is 1. The minimum absolute atomic E-state index is 0.189. The topological polar surface area (TPSA) is 91.0 Å². The van der Waals surface area contributed by atoms with Crippen LogP contribution >= 0.6 is 0 Å². The van der Waals surface area contributed by atoms with Gasteiger partial charge in [-0.15, -0.1) is 0 Å². The van der Waals surface area contributed by atoms with E-state index in [0.717, 1.165) is 22.8 Å². The largest absolute Gasteiger partial charge is 0.382 e. The van der Waals surface area contributed by atoms with Gasteiger partial charge in [-0.1, -0.05) is 30.3 Å². The van der Waals surface area contributed by atoms with Gasteiger partial charge in [0.25, 0.3) is 5.56 Å². The van der Waals surface area contributed by atoms with Gasteiger partial charge < -0.3 is 9.30 Å². The van der Waals surface area contributed by atoms with Crippen molar-refractivity contribution in [3.05, 3.63) is 65.1 Å². The van der Waals surface area contributed by atoms with Crippen molar-refractivity contribution in [2.45, 2.75) is 26.4 Å². The Bertz CT molecular complexity index is 1240. The molecular formula is C22H23N5O3. The molecule has 4 aromatic rings. The molecule has 0 fully saturated rings. The van der Waals surface area contributed by atoms with Crippen molar-refractivity contribution in [1.29, 1.82) is 0 Å². The van der Waals surface area contributed by atoms with Gasteiger partial charge in [-0.2, -0.15) is 5.10 Å². The van der Waals surface area contributed by atoms with Gasteiger partial charge in [-0.3, -0.25) is 14.9 Å². The highest BCUT2D eigenvalue weighted by Gasteiger charge is 2.14. The molecule has 0 spiro atoms. The first-order chi connectivity index (χ1) is 14.7. The van der Waals surface area contributed by atoms with Crippen LogP contribution in [-0.4, -0.2) is 38.5 Å². The molecule has 2 aromatic carbocycles. The van der Waals surface area contributed by atoms with Crippen LogP contribution in [-0.2, 0) is 22.6 Å². The predicted octanol–water partition coefficient (Wildman–Crippen LogP) is 2.81. The first kappa shape index (κ1) is 19.8. The number of fused-ring (bicyclic) bond motifs is 2. The van der Waals surface area contributed by atoms with Gasteiger partial charge in [0.15, 0.2) is 0 Å². The van der Waals surface area contributed by atoms with Crippen molar-refractivity contribution in [1.82, 2.24) is 19.3 Å². The lowest BCUT2D eigenvalue weighted by Crippen LogP contribution is -2.30. The quantitative estimate of drug-likeness (QED) is 0.455. The highest BCUT2D eigenvalue weighted by Crippen LogP contribution is 2.20. The molecular weight excluding hydrogens is 382 g/mol. The van der Waals surface area contributed by atoms with Crippen LogP contribution in [0, 0.1) is 0 Å². The minimum atomic E-state index is -0.360. The highest BCUT2D eigenvalue weighted by atomic mass is 16.5. The second-order valence-electron chi connectivity index (χ2n) is 6.87. The number of hydrogen-bond donors (Lipinski definition) is 1. The number of benzene rings is 2. The van der Waals surface area contributed by atoms with Crippen molar-refractivity contribution in [3.63, 3.8) is 0 Å². The van der Waals surface area contributed by atoms with E-state index in [1.54, 1.807) is 18.3 Å². The summed E-state index contributed by atoms with van der Waals surface area (Å²) in [4.78, 5) is 29.8. The molecule has 0 radical (unpaired) electrons. The van der Waals surface area contributed by atoms with Gasteiger partial charge in [0.2, 0.25) is 11.9 Å². The summed E-state index contributed by atoms with van der Waals surface area (Å²) in [6, 6.07) is 14.9. The third-order valence-electron chi connectivity index (χ3n) is 4.84. The molecule has 0 saturated carbocycles. The molecule has 2 heterocycles. The fourth-order valence-electron chi connectivity index (χ4n) is 3.41. The van der Waals surface area contributed by atoms with Crippen LogP contribution in [0.15, 0.2) is 59.5 Å². The Balaban J connectivity index is 1.55. The lowest BCUT2D eigenvalue weighted by Gasteiger charge is -2.11. The number of imidazole rings is 1. The molecule has 1 N–H and O–H groups in total. The normalized spacial score (nSPS) is 11.2. The number of carbonyl (C=O) groups excluding carboxylic acids is 1. The fourth-order valence-corrected chi connectivity index (χ4v) is 3.41. The number of amides is 1. The molecule has 1 amide bonds. The summed E-state index contributed by atoms with van der Waals surface area (Å²) in [5.74, 6) is 0.0905. The van der Waals surface area contributed by atoms with Crippen LogP contribution in [0.25, 0.3) is 21.8 Å². The second kappa shape index (κ2) is 8.87. The summed E-state index contributed by atoms with van der Waals surface area (Å²) in [7, 11) is 0. The van der Waals surface area contributed by atoms with Crippen LogP contribution in [0.3, 0.4) is 0 Å². The first-order valence-electron chi connectivity index (χ1n) is 9.95. The van der Waals surface area contributed by atoms with E-state index in [1.807, 2.05) is 47.9 Å². The average Bonchev–Trinajstić information content (AvgIpc) is 3.10. The molecule has 8 nitrogen and oxygen atoms in total. The molecule has 4 rings (SSSR count). The maximum absolute atomic E-state index is 12.7. The summed E-state index contributed by atoms with van der Waals surface area (Å²) in [6.45, 7) is 3.73. The number of nitrogens with zero attached hydrogens (tertiary/aromatic N) is 4. The van der Waals surface area contributed by atoms with E-state index >= 15 is 0 Å². The minimum Gasteiger partial charge on any atom is -0.382 e. The Kier molecular flexibility index (Phi) is 5.85. The maximum Gasteiger partial charge on any atom is 0.275 e. The van der Waals surface area contributed by atoms with Crippen molar-refractivity contribution in [2.75, 3.05) is 18.5 Å². The van der Waals surface area contributed by atoms with E-state index in [-0.39, 0.29) is 18.0 Å². The van der Waals surface area contributed by atoms with Crippen LogP contribution < -0.4 is 10.9 Å². The van der Waals surface area contributed by atoms with Gasteiger partial charge in [0, 0.05) is 25.1 Å². The number of nitrogens with one attached hydrogen (secondary N) is 1. The molecule has 0 saturated heterocycles. The maximum atomic E-state index is 12.7. The fraction of sp³-hybridized carbons (Fsp3) is 0.273. The van der Waals surface area contributed by atoms with Crippen molar-refractivity contribution in [2.24, 2.45) is 0 Å². The Morgan fingerprint density at radius 1 is 1.13 bits per heavy atom. The van der Waals surface area contributed by atoms with Crippen molar-refractivity contribution < 1.29 is 9.53 Å².